The quantitative estimate of drug-likeness (QED) is 0.201. The molecule has 0 aromatic heterocycles. The van der Waals surface area contributed by atoms with Crippen LogP contribution in [-0.4, -0.2) is 76.5 Å². The highest BCUT2D eigenvalue weighted by atomic mass is 127. The molecule has 0 spiro atoms. The van der Waals surface area contributed by atoms with E-state index in [1.165, 1.54) is 12.8 Å². The second kappa shape index (κ2) is 19.5. The van der Waals surface area contributed by atoms with E-state index >= 15 is 0 Å². The molecule has 3 aliphatic rings. The first-order valence-electron chi connectivity index (χ1n) is 15.3. The van der Waals surface area contributed by atoms with Crippen molar-refractivity contribution in [3.8, 4) is 12.1 Å². The topological polar surface area (TPSA) is 116 Å². The van der Waals surface area contributed by atoms with Gasteiger partial charge in [-0.15, -0.1) is 0 Å². The van der Waals surface area contributed by atoms with Gasteiger partial charge in [0.05, 0.1) is 17.6 Å². The number of nitriles is 2. The number of carbonyl (C=O) groups excluding carboxylic acids is 2. The lowest BCUT2D eigenvalue weighted by molar-refractivity contribution is 0.0110. The molecule has 3 saturated heterocycles. The van der Waals surface area contributed by atoms with Gasteiger partial charge in [-0.05, 0) is 86.0 Å². The van der Waals surface area contributed by atoms with Crippen LogP contribution in [0.3, 0.4) is 0 Å². The molecule has 2 amide bonds. The largest absolute Gasteiger partial charge is 0.444 e. The fourth-order valence-corrected chi connectivity index (χ4v) is 4.26. The zero-order valence-corrected chi connectivity index (χ0v) is 30.1. The van der Waals surface area contributed by atoms with Gasteiger partial charge in [0.15, 0.2) is 0 Å². The van der Waals surface area contributed by atoms with Gasteiger partial charge in [-0.3, -0.25) is 0 Å². The van der Waals surface area contributed by atoms with E-state index < -0.39 is 11.2 Å². The van der Waals surface area contributed by atoms with Crippen molar-refractivity contribution in [3.05, 3.63) is 0 Å². The molecule has 0 aromatic rings. The van der Waals surface area contributed by atoms with E-state index in [0.717, 1.165) is 42.8 Å². The number of hydrogen-bond acceptors (Lipinski definition) is 7. The van der Waals surface area contributed by atoms with E-state index in [1.54, 1.807) is 9.80 Å². The molecule has 3 heterocycles. The van der Waals surface area contributed by atoms with Gasteiger partial charge >= 0.3 is 12.2 Å². The van der Waals surface area contributed by atoms with Crippen molar-refractivity contribution < 1.29 is 23.8 Å². The Labute approximate surface area is 269 Å². The molecule has 0 saturated carbocycles. The second-order valence-corrected chi connectivity index (χ2v) is 16.1. The van der Waals surface area contributed by atoms with Crippen LogP contribution in [0.1, 0.15) is 108 Å². The maximum atomic E-state index is 11.9. The number of rotatable bonds is 1. The molecule has 9 nitrogen and oxygen atoms in total. The smallest absolute Gasteiger partial charge is 0.410 e. The summed E-state index contributed by atoms with van der Waals surface area (Å²) in [5.74, 6) is 0.423. The van der Waals surface area contributed by atoms with Crippen molar-refractivity contribution in [2.24, 2.45) is 17.3 Å². The lowest BCUT2D eigenvalue weighted by Gasteiger charge is -2.40. The third kappa shape index (κ3) is 18.0. The highest BCUT2D eigenvalue weighted by Crippen LogP contribution is 2.38. The monoisotopic (exact) mass is 704 g/mol. The lowest BCUT2D eigenvalue weighted by atomic mass is 9.71. The van der Waals surface area contributed by atoms with Crippen molar-refractivity contribution in [1.82, 2.24) is 9.80 Å². The third-order valence-corrected chi connectivity index (χ3v) is 6.79. The summed E-state index contributed by atoms with van der Waals surface area (Å²) in [6.07, 6.45) is 5.02. The minimum absolute atomic E-state index is 0.101. The summed E-state index contributed by atoms with van der Waals surface area (Å²) in [4.78, 5) is 26.9. The maximum absolute atomic E-state index is 11.9. The van der Waals surface area contributed by atoms with E-state index in [4.69, 9.17) is 19.5 Å². The fourth-order valence-electron chi connectivity index (χ4n) is 4.26. The van der Waals surface area contributed by atoms with Crippen LogP contribution in [0.2, 0.25) is 0 Å². The van der Waals surface area contributed by atoms with Crippen molar-refractivity contribution in [2.45, 2.75) is 123 Å². The number of ether oxygens (including phenoxy) is 3. The van der Waals surface area contributed by atoms with E-state index in [9.17, 15) is 14.9 Å². The Bertz CT molecular complexity index is 853. The molecular formula is C32H57IN4O5. The fraction of sp³-hybridized carbons (Fsp3) is 0.875. The second-order valence-electron chi connectivity index (χ2n) is 13.6. The molecule has 0 bridgehead atoms. The minimum Gasteiger partial charge on any atom is -0.444 e. The van der Waals surface area contributed by atoms with Gasteiger partial charge in [0, 0.05) is 49.2 Å². The highest BCUT2D eigenvalue weighted by molar-refractivity contribution is 14.1. The van der Waals surface area contributed by atoms with Crippen molar-refractivity contribution >= 4 is 34.8 Å². The standard InChI is InChI=1S/C14H24N2O2.C11H18N2O2.C4H8O.C3H7I/c1-11(2)14(10-15)6-8-16(9-7-14)12(17)18-13(3,4)5;1-11(2,3)15-10(14)13-6-4-9(8-12)5-7-13;1-2-4-5-3-1;1-3(2)4/h11H,6-9H2,1-5H3;9H,4-7H2,1-3H3;1-4H2;3H,1-2H3. The first-order valence-corrected chi connectivity index (χ1v) is 16.6. The molecule has 3 aliphatic heterocycles. The molecule has 0 radical (unpaired) electrons. The van der Waals surface area contributed by atoms with Gasteiger partial charge in [0.2, 0.25) is 0 Å². The maximum Gasteiger partial charge on any atom is 0.410 e. The number of carbonyl (C=O) groups is 2. The number of piperidine rings is 2. The molecule has 0 N–H and O–H groups in total. The van der Waals surface area contributed by atoms with Gasteiger partial charge in [-0.2, -0.15) is 10.5 Å². The predicted octanol–water partition coefficient (Wildman–Crippen LogP) is 7.97. The summed E-state index contributed by atoms with van der Waals surface area (Å²) in [5, 5.41) is 18.1. The number of nitrogens with zero attached hydrogens (tertiary/aromatic N) is 4. The Morgan fingerprint density at radius 2 is 1.21 bits per heavy atom. The molecule has 0 aromatic carbocycles. The molecule has 0 aliphatic carbocycles. The minimum atomic E-state index is -0.459. The number of halogens is 1. The zero-order valence-electron chi connectivity index (χ0n) is 27.9. The van der Waals surface area contributed by atoms with Gasteiger partial charge in [-0.1, -0.05) is 50.3 Å². The van der Waals surface area contributed by atoms with Crippen LogP contribution in [0.5, 0.6) is 0 Å². The Kier molecular flexibility index (Phi) is 18.6. The number of alkyl halides is 1. The molecule has 3 fully saturated rings. The van der Waals surface area contributed by atoms with Crippen LogP contribution in [0.15, 0.2) is 0 Å². The molecular weight excluding hydrogens is 647 g/mol. The van der Waals surface area contributed by atoms with Crippen molar-refractivity contribution in [1.29, 1.82) is 10.5 Å². The van der Waals surface area contributed by atoms with E-state index in [-0.39, 0.29) is 23.5 Å². The summed E-state index contributed by atoms with van der Waals surface area (Å²) in [6, 6.07) is 4.68. The van der Waals surface area contributed by atoms with Crippen LogP contribution in [0, 0.1) is 39.9 Å². The number of hydrogen-bond donors (Lipinski definition) is 0. The van der Waals surface area contributed by atoms with Crippen LogP contribution >= 0.6 is 22.6 Å². The normalized spacial score (nSPS) is 18.6. The van der Waals surface area contributed by atoms with E-state index in [1.807, 2.05) is 41.5 Å². The predicted molar refractivity (Wildman–Crippen MR) is 175 cm³/mol. The lowest BCUT2D eigenvalue weighted by Crippen LogP contribution is -2.46. The summed E-state index contributed by atoms with van der Waals surface area (Å²) in [5.41, 5.74) is -1.18. The molecule has 3 rings (SSSR count). The molecule has 10 heteroatoms. The summed E-state index contributed by atoms with van der Waals surface area (Å²) >= 11 is 2.34. The molecule has 42 heavy (non-hydrogen) atoms. The molecule has 242 valence electrons. The average Bonchev–Trinajstić information content (AvgIpc) is 3.47. The summed E-state index contributed by atoms with van der Waals surface area (Å²) in [6.45, 7) is 24.1. The van der Waals surface area contributed by atoms with Crippen molar-refractivity contribution in [3.63, 3.8) is 0 Å². The van der Waals surface area contributed by atoms with E-state index in [0.29, 0.717) is 32.1 Å². The van der Waals surface area contributed by atoms with Crippen LogP contribution in [0.4, 0.5) is 9.59 Å². The van der Waals surface area contributed by atoms with Crippen LogP contribution in [0.25, 0.3) is 0 Å². The average molecular weight is 705 g/mol. The highest BCUT2D eigenvalue weighted by Gasteiger charge is 2.39. The summed E-state index contributed by atoms with van der Waals surface area (Å²) < 4.78 is 16.3. The van der Waals surface area contributed by atoms with E-state index in [2.05, 4.69) is 62.4 Å². The van der Waals surface area contributed by atoms with Gasteiger partial charge < -0.3 is 24.0 Å². The number of amides is 2. The molecule has 0 atom stereocenters. The van der Waals surface area contributed by atoms with Gasteiger partial charge in [0.1, 0.15) is 11.2 Å². The Morgan fingerprint density at radius 1 is 0.833 bits per heavy atom. The third-order valence-electron chi connectivity index (χ3n) is 6.79. The van der Waals surface area contributed by atoms with Gasteiger partial charge in [-0.25, -0.2) is 9.59 Å². The summed E-state index contributed by atoms with van der Waals surface area (Å²) in [7, 11) is 0. The van der Waals surface area contributed by atoms with Crippen LogP contribution < -0.4 is 0 Å². The van der Waals surface area contributed by atoms with Crippen molar-refractivity contribution in [2.75, 3.05) is 39.4 Å². The Hall–Kier alpha value is -1.79. The zero-order chi connectivity index (χ0) is 32.6. The first-order chi connectivity index (χ1) is 19.4. The van der Waals surface area contributed by atoms with Gasteiger partial charge in [0.25, 0.3) is 0 Å². The Balaban J connectivity index is 0.000000623. The van der Waals surface area contributed by atoms with Crippen LogP contribution in [-0.2, 0) is 14.2 Å². The first kappa shape index (κ1) is 40.2. The number of likely N-dealkylation sites (tertiary alicyclic amines) is 2. The Morgan fingerprint density at radius 3 is 1.48 bits per heavy atom. The molecule has 0 unspecified atom stereocenters. The SMILES string of the molecule is C1CCOC1.CC(C)(C)OC(=O)N1CCC(C#N)CC1.CC(C)C1(C#N)CCN(C(=O)OC(C)(C)C)CC1.CC(C)I.